The topological polar surface area (TPSA) is 55.2 Å². The highest BCUT2D eigenvalue weighted by atomic mass is 16.2. The highest BCUT2D eigenvalue weighted by molar-refractivity contribution is 6.20. The molecular weight excluding hydrogens is 326 g/mol. The second kappa shape index (κ2) is 6.59. The number of hydrogen-bond donors (Lipinski definition) is 0. The van der Waals surface area contributed by atoms with E-state index in [9.17, 15) is 9.59 Å². The van der Waals surface area contributed by atoms with E-state index in [2.05, 4.69) is 11.6 Å². The van der Waals surface area contributed by atoms with Crippen LogP contribution in [-0.4, -0.2) is 21.4 Å². The highest BCUT2D eigenvalue weighted by Gasteiger charge is 2.41. The van der Waals surface area contributed by atoms with Gasteiger partial charge in [-0.25, -0.2) is 9.88 Å². The lowest BCUT2D eigenvalue weighted by molar-refractivity contribution is -0.122. The molecule has 2 heterocycles. The van der Waals surface area contributed by atoms with Crippen LogP contribution in [0.25, 0.3) is 11.0 Å². The maximum atomic E-state index is 13.0. The molecule has 4 rings (SSSR count). The van der Waals surface area contributed by atoms with Crippen molar-refractivity contribution in [2.75, 3.05) is 4.90 Å². The molecule has 1 aliphatic rings. The minimum Gasteiger partial charge on any atom is -0.306 e. The maximum absolute atomic E-state index is 13.0. The number of carbonyl (C=O) groups excluding carboxylic acids is 2. The summed E-state index contributed by atoms with van der Waals surface area (Å²) >= 11 is 0. The number of imide groups is 1. The Morgan fingerprint density at radius 2 is 1.81 bits per heavy atom. The van der Waals surface area contributed by atoms with Crippen molar-refractivity contribution in [2.24, 2.45) is 5.92 Å². The van der Waals surface area contributed by atoms with Crippen LogP contribution in [0.5, 0.6) is 0 Å². The van der Waals surface area contributed by atoms with Crippen LogP contribution in [0, 0.1) is 5.92 Å². The van der Waals surface area contributed by atoms with Crippen LogP contribution in [0.3, 0.4) is 0 Å². The SMILES string of the molecule is C=CCn1c(N2C(=O)C[C@@H](Cc3ccccc3)C2=O)nc2ccccc21. The Kier molecular flexibility index (Phi) is 4.13. The molecule has 0 N–H and O–H groups in total. The Morgan fingerprint density at radius 3 is 2.58 bits per heavy atom. The van der Waals surface area contributed by atoms with Crippen molar-refractivity contribution >= 4 is 28.8 Å². The summed E-state index contributed by atoms with van der Waals surface area (Å²) in [7, 11) is 0. The van der Waals surface area contributed by atoms with Gasteiger partial charge in [0.1, 0.15) is 0 Å². The highest BCUT2D eigenvalue weighted by Crippen LogP contribution is 2.30. The van der Waals surface area contributed by atoms with Gasteiger partial charge in [0.15, 0.2) is 0 Å². The van der Waals surface area contributed by atoms with Crippen LogP contribution in [0.2, 0.25) is 0 Å². The van der Waals surface area contributed by atoms with E-state index < -0.39 is 0 Å². The number of imidazole rings is 1. The lowest BCUT2D eigenvalue weighted by Gasteiger charge is -2.16. The molecule has 0 radical (unpaired) electrons. The molecule has 1 saturated heterocycles. The summed E-state index contributed by atoms with van der Waals surface area (Å²) in [5, 5.41) is 0. The van der Waals surface area contributed by atoms with Gasteiger partial charge in [-0.15, -0.1) is 6.58 Å². The number of hydrogen-bond acceptors (Lipinski definition) is 3. The molecule has 0 unspecified atom stereocenters. The maximum Gasteiger partial charge on any atom is 0.240 e. The van der Waals surface area contributed by atoms with Crippen LogP contribution < -0.4 is 4.90 Å². The van der Waals surface area contributed by atoms with Crippen molar-refractivity contribution in [1.82, 2.24) is 9.55 Å². The molecule has 1 atom stereocenters. The molecule has 0 bridgehead atoms. The van der Waals surface area contributed by atoms with Crippen LogP contribution in [-0.2, 0) is 22.6 Å². The molecule has 2 amide bonds. The Balaban J connectivity index is 1.70. The van der Waals surface area contributed by atoms with E-state index in [1.807, 2.05) is 59.2 Å². The monoisotopic (exact) mass is 345 g/mol. The Morgan fingerprint density at radius 1 is 1.08 bits per heavy atom. The minimum atomic E-state index is -0.345. The fourth-order valence-electron chi connectivity index (χ4n) is 3.51. The van der Waals surface area contributed by atoms with E-state index in [1.165, 1.54) is 4.90 Å². The van der Waals surface area contributed by atoms with Crippen molar-refractivity contribution in [1.29, 1.82) is 0 Å². The van der Waals surface area contributed by atoms with Gasteiger partial charge in [-0.05, 0) is 24.1 Å². The number of aromatic nitrogens is 2. The third-order valence-electron chi connectivity index (χ3n) is 4.71. The molecule has 0 saturated carbocycles. The number of anilines is 1. The zero-order chi connectivity index (χ0) is 18.1. The quantitative estimate of drug-likeness (QED) is 0.526. The lowest BCUT2D eigenvalue weighted by atomic mass is 9.98. The van der Waals surface area contributed by atoms with Gasteiger partial charge < -0.3 is 4.57 Å². The van der Waals surface area contributed by atoms with E-state index in [1.54, 1.807) is 6.08 Å². The third-order valence-corrected chi connectivity index (χ3v) is 4.71. The molecule has 3 aromatic rings. The van der Waals surface area contributed by atoms with Gasteiger partial charge >= 0.3 is 0 Å². The summed E-state index contributed by atoms with van der Waals surface area (Å²) in [6.07, 6.45) is 2.51. The zero-order valence-corrected chi connectivity index (χ0v) is 14.3. The van der Waals surface area contributed by atoms with E-state index in [0.717, 1.165) is 16.6 Å². The Labute approximate surface area is 151 Å². The van der Waals surface area contributed by atoms with Gasteiger partial charge in [-0.3, -0.25) is 9.59 Å². The predicted molar refractivity (Wildman–Crippen MR) is 101 cm³/mol. The predicted octanol–water partition coefficient (Wildman–Crippen LogP) is 3.34. The molecule has 0 spiro atoms. The average molecular weight is 345 g/mol. The van der Waals surface area contributed by atoms with Crippen molar-refractivity contribution in [3.63, 3.8) is 0 Å². The van der Waals surface area contributed by atoms with Crippen LogP contribution in [0.1, 0.15) is 12.0 Å². The van der Waals surface area contributed by atoms with Crippen molar-refractivity contribution in [3.8, 4) is 0 Å². The van der Waals surface area contributed by atoms with E-state index in [0.29, 0.717) is 18.9 Å². The standard InChI is InChI=1S/C21H19N3O2/c1-2-12-23-18-11-7-6-10-17(18)22-21(23)24-19(25)14-16(20(24)26)13-15-8-4-3-5-9-15/h2-11,16H,1,12-14H2/t16-/m1/s1. The molecule has 130 valence electrons. The molecule has 2 aromatic carbocycles. The molecule has 0 aliphatic carbocycles. The molecule has 1 fully saturated rings. The molecule has 1 aromatic heterocycles. The lowest BCUT2D eigenvalue weighted by Crippen LogP contribution is -2.33. The van der Waals surface area contributed by atoms with Gasteiger partial charge in [0.25, 0.3) is 0 Å². The smallest absolute Gasteiger partial charge is 0.240 e. The van der Waals surface area contributed by atoms with E-state index in [-0.39, 0.29) is 24.2 Å². The van der Waals surface area contributed by atoms with Gasteiger partial charge in [0.2, 0.25) is 17.8 Å². The zero-order valence-electron chi connectivity index (χ0n) is 14.3. The normalized spacial score (nSPS) is 17.2. The fourth-order valence-corrected chi connectivity index (χ4v) is 3.51. The number of benzene rings is 2. The van der Waals surface area contributed by atoms with Crippen molar-refractivity contribution in [2.45, 2.75) is 19.4 Å². The van der Waals surface area contributed by atoms with Crippen molar-refractivity contribution in [3.05, 3.63) is 72.8 Å². The van der Waals surface area contributed by atoms with Crippen molar-refractivity contribution < 1.29 is 9.59 Å². The summed E-state index contributed by atoms with van der Waals surface area (Å²) in [4.78, 5) is 31.4. The average Bonchev–Trinajstić information content (AvgIpc) is 3.14. The Bertz CT molecular complexity index is 991. The molecule has 5 nitrogen and oxygen atoms in total. The first-order valence-electron chi connectivity index (χ1n) is 8.66. The van der Waals surface area contributed by atoms with E-state index >= 15 is 0 Å². The number of rotatable bonds is 5. The second-order valence-corrected chi connectivity index (χ2v) is 6.46. The number of allylic oxidation sites excluding steroid dienone is 1. The molecule has 5 heteroatoms. The first-order chi connectivity index (χ1) is 12.7. The summed E-state index contributed by atoms with van der Waals surface area (Å²) in [5.74, 6) is -0.338. The van der Waals surface area contributed by atoms with Gasteiger partial charge in [-0.1, -0.05) is 48.5 Å². The Hall–Kier alpha value is -3.21. The van der Waals surface area contributed by atoms with Gasteiger partial charge in [-0.2, -0.15) is 0 Å². The van der Waals surface area contributed by atoms with Crippen LogP contribution >= 0.6 is 0 Å². The summed E-state index contributed by atoms with van der Waals surface area (Å²) in [5.41, 5.74) is 2.70. The number of fused-ring (bicyclic) bond motifs is 1. The second-order valence-electron chi connectivity index (χ2n) is 6.46. The van der Waals surface area contributed by atoms with Gasteiger partial charge in [0.05, 0.1) is 17.0 Å². The summed E-state index contributed by atoms with van der Waals surface area (Å²) < 4.78 is 1.86. The first-order valence-corrected chi connectivity index (χ1v) is 8.66. The number of para-hydroxylation sites is 2. The molecular formula is C21H19N3O2. The fraction of sp³-hybridized carbons (Fsp3) is 0.190. The molecule has 26 heavy (non-hydrogen) atoms. The summed E-state index contributed by atoms with van der Waals surface area (Å²) in [6.45, 7) is 4.26. The number of nitrogens with zero attached hydrogens (tertiary/aromatic N) is 3. The first kappa shape index (κ1) is 16.3. The summed E-state index contributed by atoms with van der Waals surface area (Å²) in [6, 6.07) is 17.4. The van der Waals surface area contributed by atoms with Crippen LogP contribution in [0.4, 0.5) is 5.95 Å². The minimum absolute atomic E-state index is 0.181. The van der Waals surface area contributed by atoms with Gasteiger partial charge in [0, 0.05) is 13.0 Å². The van der Waals surface area contributed by atoms with E-state index in [4.69, 9.17) is 0 Å². The molecule has 1 aliphatic heterocycles. The number of amides is 2. The third kappa shape index (κ3) is 2.71. The van der Waals surface area contributed by atoms with Crippen LogP contribution in [0.15, 0.2) is 67.3 Å². The largest absolute Gasteiger partial charge is 0.306 e. The number of carbonyl (C=O) groups is 2.